The van der Waals surface area contributed by atoms with Gasteiger partial charge in [-0.3, -0.25) is 0 Å². The molecule has 0 aromatic heterocycles. The quantitative estimate of drug-likeness (QED) is 0.438. The molecule has 0 aliphatic carbocycles. The second kappa shape index (κ2) is 8.98. The molecule has 0 fully saturated rings. The van der Waals surface area contributed by atoms with Gasteiger partial charge in [0.15, 0.2) is 0 Å². The van der Waals surface area contributed by atoms with E-state index in [1.807, 2.05) is 0 Å². The van der Waals surface area contributed by atoms with E-state index in [1.165, 1.54) is 10.8 Å². The van der Waals surface area contributed by atoms with Crippen molar-refractivity contribution < 1.29 is 0 Å². The fourth-order valence-electron chi connectivity index (χ4n) is 0.536. The Morgan fingerprint density at radius 2 is 2.00 bits per heavy atom. The van der Waals surface area contributed by atoms with Crippen molar-refractivity contribution >= 4 is 34.2 Å². The molecule has 56 valence electrons. The predicted octanol–water partition coefficient (Wildman–Crippen LogP) is 2.03. The van der Waals surface area contributed by atoms with Gasteiger partial charge in [-0.25, -0.2) is 0 Å². The monoisotopic (exact) mass is 261 g/mol. The highest BCUT2D eigenvalue weighted by Crippen LogP contribution is 1.89. The van der Waals surface area contributed by atoms with E-state index in [1.54, 1.807) is 0 Å². The van der Waals surface area contributed by atoms with E-state index in [0.717, 1.165) is 25.4 Å². The minimum Gasteiger partial charge on any atom is -0.316 e. The molecule has 0 aromatic rings. The summed E-state index contributed by atoms with van der Waals surface area (Å²) >= 11 is 7.84. The summed E-state index contributed by atoms with van der Waals surface area (Å²) in [5.74, 6) is 0.798. The summed E-state index contributed by atoms with van der Waals surface area (Å²) in [7, 11) is 0. The second-order valence-corrected chi connectivity index (χ2v) is 3.29. The molecule has 1 N–H and O–H groups in total. The first-order chi connectivity index (χ1) is 4.41. The summed E-state index contributed by atoms with van der Waals surface area (Å²) in [5.41, 5.74) is 0. The number of unbranched alkanes of at least 4 members (excludes halogenated alkanes) is 1. The number of rotatable bonds is 6. The van der Waals surface area contributed by atoms with E-state index < -0.39 is 0 Å². The maximum absolute atomic E-state index is 5.49. The number of hydrogen-bond acceptors (Lipinski definition) is 1. The van der Waals surface area contributed by atoms with Crippen LogP contribution in [0.2, 0.25) is 0 Å². The van der Waals surface area contributed by atoms with E-state index in [4.69, 9.17) is 11.6 Å². The van der Waals surface area contributed by atoms with E-state index in [9.17, 15) is 0 Å². The van der Waals surface area contributed by atoms with Gasteiger partial charge in [0, 0.05) is 16.9 Å². The Morgan fingerprint density at radius 3 is 2.56 bits per heavy atom. The third kappa shape index (κ3) is 8.98. The van der Waals surface area contributed by atoms with Crippen molar-refractivity contribution in [1.82, 2.24) is 5.32 Å². The van der Waals surface area contributed by atoms with Crippen LogP contribution in [0.4, 0.5) is 0 Å². The second-order valence-electron chi connectivity index (χ2n) is 1.84. The van der Waals surface area contributed by atoms with Crippen LogP contribution in [-0.4, -0.2) is 23.4 Å². The summed E-state index contributed by atoms with van der Waals surface area (Å²) in [5, 5.41) is 3.30. The van der Waals surface area contributed by atoms with Crippen LogP contribution >= 0.6 is 34.2 Å². The molecule has 0 bridgehead atoms. The highest BCUT2D eigenvalue weighted by Gasteiger charge is 1.84. The Labute approximate surface area is 75.7 Å². The van der Waals surface area contributed by atoms with E-state index >= 15 is 0 Å². The largest absolute Gasteiger partial charge is 0.316 e. The Morgan fingerprint density at radius 1 is 1.22 bits per heavy atom. The highest BCUT2D eigenvalue weighted by molar-refractivity contribution is 14.1. The van der Waals surface area contributed by atoms with Crippen LogP contribution < -0.4 is 5.32 Å². The van der Waals surface area contributed by atoms with Gasteiger partial charge in [-0.1, -0.05) is 22.6 Å². The SMILES string of the molecule is ClCCCCNCCI. The van der Waals surface area contributed by atoms with E-state index in [-0.39, 0.29) is 0 Å². The fourth-order valence-corrected chi connectivity index (χ4v) is 1.11. The molecule has 9 heavy (non-hydrogen) atoms. The van der Waals surface area contributed by atoms with Gasteiger partial charge in [0.05, 0.1) is 0 Å². The van der Waals surface area contributed by atoms with Crippen molar-refractivity contribution in [2.45, 2.75) is 12.8 Å². The van der Waals surface area contributed by atoms with Crippen molar-refractivity contribution in [2.75, 3.05) is 23.4 Å². The number of halogens is 2. The van der Waals surface area contributed by atoms with Gasteiger partial charge in [-0.2, -0.15) is 0 Å². The lowest BCUT2D eigenvalue weighted by atomic mass is 10.3. The summed E-state index contributed by atoms with van der Waals surface area (Å²) in [6, 6.07) is 0. The van der Waals surface area contributed by atoms with Gasteiger partial charge in [0.1, 0.15) is 0 Å². The smallest absolute Gasteiger partial charge is 0.0223 e. The van der Waals surface area contributed by atoms with Crippen molar-refractivity contribution in [3.05, 3.63) is 0 Å². The van der Waals surface area contributed by atoms with Gasteiger partial charge >= 0.3 is 0 Å². The zero-order valence-corrected chi connectivity index (χ0v) is 8.41. The molecule has 0 aromatic carbocycles. The van der Waals surface area contributed by atoms with Crippen LogP contribution in [-0.2, 0) is 0 Å². The molecule has 0 saturated heterocycles. The Balaban J connectivity index is 2.60. The molecule has 0 radical (unpaired) electrons. The molecule has 0 heterocycles. The Bertz CT molecular complexity index is 46.3. The van der Waals surface area contributed by atoms with E-state index in [2.05, 4.69) is 27.9 Å². The summed E-state index contributed by atoms with van der Waals surface area (Å²) in [6.07, 6.45) is 2.34. The maximum Gasteiger partial charge on any atom is 0.0223 e. The lowest BCUT2D eigenvalue weighted by Crippen LogP contribution is -2.17. The zero-order chi connectivity index (χ0) is 6.95. The van der Waals surface area contributed by atoms with Gasteiger partial charge in [0.2, 0.25) is 0 Å². The van der Waals surface area contributed by atoms with Crippen molar-refractivity contribution in [3.63, 3.8) is 0 Å². The topological polar surface area (TPSA) is 12.0 Å². The van der Waals surface area contributed by atoms with Crippen molar-refractivity contribution in [1.29, 1.82) is 0 Å². The predicted molar refractivity (Wildman–Crippen MR) is 51.7 cm³/mol. The van der Waals surface area contributed by atoms with Crippen LogP contribution in [0, 0.1) is 0 Å². The third-order valence-electron chi connectivity index (χ3n) is 1.01. The standard InChI is InChI=1S/C6H13ClIN/c7-3-1-2-5-9-6-4-8/h9H,1-6H2. The highest BCUT2D eigenvalue weighted by atomic mass is 127. The van der Waals surface area contributed by atoms with Gasteiger partial charge < -0.3 is 5.32 Å². The molecule has 1 nitrogen and oxygen atoms in total. The van der Waals surface area contributed by atoms with Gasteiger partial charge in [-0.05, 0) is 19.4 Å². The zero-order valence-electron chi connectivity index (χ0n) is 5.50. The lowest BCUT2D eigenvalue weighted by molar-refractivity contribution is 0.670. The van der Waals surface area contributed by atoms with E-state index in [0.29, 0.717) is 0 Å². The molecule has 0 unspecified atom stereocenters. The maximum atomic E-state index is 5.49. The average molecular weight is 262 g/mol. The number of nitrogens with one attached hydrogen (secondary N) is 1. The molecule has 3 heteroatoms. The minimum absolute atomic E-state index is 0.798. The van der Waals surface area contributed by atoms with Crippen molar-refractivity contribution in [2.24, 2.45) is 0 Å². The fraction of sp³-hybridized carbons (Fsp3) is 1.00. The van der Waals surface area contributed by atoms with Gasteiger partial charge in [0.25, 0.3) is 0 Å². The number of alkyl halides is 2. The van der Waals surface area contributed by atoms with Gasteiger partial charge in [-0.15, -0.1) is 11.6 Å². The molecule has 0 rings (SSSR count). The van der Waals surface area contributed by atoms with Crippen molar-refractivity contribution in [3.8, 4) is 0 Å². The van der Waals surface area contributed by atoms with Crippen LogP contribution in [0.15, 0.2) is 0 Å². The first kappa shape index (κ1) is 9.98. The lowest BCUT2D eigenvalue weighted by Gasteiger charge is -1.98. The minimum atomic E-state index is 0.798. The molecular weight excluding hydrogens is 248 g/mol. The van der Waals surface area contributed by atoms with Crippen LogP contribution in [0.5, 0.6) is 0 Å². The number of hydrogen-bond donors (Lipinski definition) is 1. The Kier molecular flexibility index (Phi) is 9.96. The molecule has 0 aliphatic rings. The normalized spacial score (nSPS) is 10.0. The first-order valence-electron chi connectivity index (χ1n) is 3.24. The van der Waals surface area contributed by atoms with Crippen LogP contribution in [0.25, 0.3) is 0 Å². The molecular formula is C6H13ClIN. The molecule has 0 atom stereocenters. The summed E-state index contributed by atoms with van der Waals surface area (Å²) in [4.78, 5) is 0. The Hall–Kier alpha value is 0.980. The molecule has 0 saturated carbocycles. The van der Waals surface area contributed by atoms with Crippen LogP contribution in [0.1, 0.15) is 12.8 Å². The van der Waals surface area contributed by atoms with Crippen LogP contribution in [0.3, 0.4) is 0 Å². The molecule has 0 spiro atoms. The molecule has 0 aliphatic heterocycles. The third-order valence-corrected chi connectivity index (χ3v) is 1.82. The summed E-state index contributed by atoms with van der Waals surface area (Å²) in [6.45, 7) is 2.25. The average Bonchev–Trinajstić information content (AvgIpc) is 1.89. The molecule has 0 amide bonds. The summed E-state index contributed by atoms with van der Waals surface area (Å²) < 4.78 is 1.19. The first-order valence-corrected chi connectivity index (χ1v) is 5.30.